The van der Waals surface area contributed by atoms with Crippen molar-refractivity contribution in [1.29, 1.82) is 0 Å². The van der Waals surface area contributed by atoms with Crippen molar-refractivity contribution in [2.24, 2.45) is 0 Å². The number of benzene rings is 1. The minimum absolute atomic E-state index is 0.00568. The summed E-state index contributed by atoms with van der Waals surface area (Å²) < 4.78 is 7.72. The van der Waals surface area contributed by atoms with Gasteiger partial charge in [0.2, 0.25) is 0 Å². The molecule has 1 atom stereocenters. The number of carbonyl (C=O) groups excluding carboxylic acids is 1. The fraction of sp³-hybridized carbons (Fsp3) is 0.333. The zero-order chi connectivity index (χ0) is 19.4. The summed E-state index contributed by atoms with van der Waals surface area (Å²) in [6.07, 6.45) is 1.92. The van der Waals surface area contributed by atoms with Crippen LogP contribution in [-0.4, -0.2) is 21.7 Å². The lowest BCUT2D eigenvalue weighted by Gasteiger charge is -2.13. The number of rotatable bonds is 7. The molecule has 1 amide bonds. The molecule has 0 aliphatic carbocycles. The van der Waals surface area contributed by atoms with Crippen molar-refractivity contribution in [3.8, 4) is 5.75 Å². The second-order valence-corrected chi connectivity index (χ2v) is 7.90. The molecule has 0 fully saturated rings. The summed E-state index contributed by atoms with van der Waals surface area (Å²) in [5, 5.41) is 9.35. The van der Waals surface area contributed by atoms with E-state index < -0.39 is 0 Å². The molecule has 1 aromatic carbocycles. The molecule has 0 radical (unpaired) electrons. The van der Waals surface area contributed by atoms with Gasteiger partial charge < -0.3 is 10.1 Å². The van der Waals surface area contributed by atoms with E-state index in [4.69, 9.17) is 4.74 Å². The Kier molecular flexibility index (Phi) is 5.96. The van der Waals surface area contributed by atoms with Crippen LogP contribution in [0.2, 0.25) is 0 Å². The van der Waals surface area contributed by atoms with Gasteiger partial charge in [0, 0.05) is 17.8 Å². The number of hydrogen-bond donors (Lipinski definition) is 1. The van der Waals surface area contributed by atoms with Crippen LogP contribution in [0.25, 0.3) is 0 Å². The molecule has 0 spiro atoms. The van der Waals surface area contributed by atoms with Crippen LogP contribution in [0.15, 0.2) is 41.9 Å². The largest absolute Gasteiger partial charge is 0.489 e. The molecule has 2 heterocycles. The van der Waals surface area contributed by atoms with Crippen LogP contribution in [0.1, 0.15) is 39.0 Å². The Labute approximate surface area is 164 Å². The highest BCUT2D eigenvalue weighted by molar-refractivity contribution is 7.12. The molecular weight excluding hydrogens is 358 g/mol. The third kappa shape index (κ3) is 5.44. The average Bonchev–Trinajstić information content (AvgIpc) is 3.21. The van der Waals surface area contributed by atoms with Gasteiger partial charge in [0.25, 0.3) is 5.91 Å². The Morgan fingerprint density at radius 3 is 2.63 bits per heavy atom. The highest BCUT2D eigenvalue weighted by atomic mass is 32.1. The van der Waals surface area contributed by atoms with E-state index in [-0.39, 0.29) is 11.9 Å². The lowest BCUT2D eigenvalue weighted by Crippen LogP contribution is -2.35. The van der Waals surface area contributed by atoms with Gasteiger partial charge in [-0.1, -0.05) is 6.07 Å². The zero-order valence-corrected chi connectivity index (χ0v) is 17.0. The first-order chi connectivity index (χ1) is 12.9. The quantitative estimate of drug-likeness (QED) is 0.663. The van der Waals surface area contributed by atoms with Crippen LogP contribution >= 0.6 is 11.3 Å². The normalized spacial score (nSPS) is 12.0. The van der Waals surface area contributed by atoms with Crippen LogP contribution in [-0.2, 0) is 13.2 Å². The first-order valence-electron chi connectivity index (χ1n) is 8.98. The predicted octanol–water partition coefficient (Wildman–Crippen LogP) is 4.27. The maximum absolute atomic E-state index is 12.5. The van der Waals surface area contributed by atoms with Crippen molar-refractivity contribution in [2.75, 3.05) is 0 Å². The van der Waals surface area contributed by atoms with Gasteiger partial charge in [-0.05, 0) is 68.5 Å². The van der Waals surface area contributed by atoms with E-state index >= 15 is 0 Å². The van der Waals surface area contributed by atoms with Crippen molar-refractivity contribution in [3.63, 3.8) is 0 Å². The van der Waals surface area contributed by atoms with Crippen LogP contribution in [0.3, 0.4) is 0 Å². The van der Waals surface area contributed by atoms with Crippen molar-refractivity contribution < 1.29 is 9.53 Å². The second-order valence-electron chi connectivity index (χ2n) is 6.98. The van der Waals surface area contributed by atoms with Crippen LogP contribution < -0.4 is 10.1 Å². The van der Waals surface area contributed by atoms with Gasteiger partial charge in [0.1, 0.15) is 12.4 Å². The van der Waals surface area contributed by atoms with Gasteiger partial charge in [-0.15, -0.1) is 11.3 Å². The van der Waals surface area contributed by atoms with Gasteiger partial charge in [-0.25, -0.2) is 0 Å². The Bertz CT molecular complexity index is 909. The number of thiophene rings is 1. The summed E-state index contributed by atoms with van der Waals surface area (Å²) >= 11 is 1.44. The van der Waals surface area contributed by atoms with E-state index in [9.17, 15) is 4.79 Å². The van der Waals surface area contributed by atoms with Gasteiger partial charge in [-0.2, -0.15) is 5.10 Å². The topological polar surface area (TPSA) is 56.1 Å². The fourth-order valence-corrected chi connectivity index (χ4v) is 3.74. The molecule has 0 bridgehead atoms. The van der Waals surface area contributed by atoms with Gasteiger partial charge in [-0.3, -0.25) is 9.48 Å². The summed E-state index contributed by atoms with van der Waals surface area (Å²) in [5.41, 5.74) is 4.33. The molecule has 0 saturated carbocycles. The minimum atomic E-state index is -0.0611. The third-order valence-corrected chi connectivity index (χ3v) is 5.07. The molecule has 27 heavy (non-hydrogen) atoms. The number of ether oxygens (including phenoxy) is 1. The maximum atomic E-state index is 12.5. The number of carbonyl (C=O) groups is 1. The van der Waals surface area contributed by atoms with E-state index in [1.165, 1.54) is 22.5 Å². The molecule has 3 aromatic rings. The van der Waals surface area contributed by atoms with Crippen LogP contribution in [0, 0.1) is 20.8 Å². The number of aryl methyl sites for hydroxylation is 3. The lowest BCUT2D eigenvalue weighted by atomic mass is 10.1. The maximum Gasteiger partial charge on any atom is 0.261 e. The van der Waals surface area contributed by atoms with E-state index in [1.54, 1.807) is 0 Å². The first kappa shape index (κ1) is 19.2. The molecular formula is C21H25N3O2S. The molecule has 5 nitrogen and oxygen atoms in total. The van der Waals surface area contributed by atoms with Crippen molar-refractivity contribution >= 4 is 17.2 Å². The lowest BCUT2D eigenvalue weighted by molar-refractivity contribution is 0.0940. The number of nitrogens with one attached hydrogen (secondary N) is 1. The highest BCUT2D eigenvalue weighted by Crippen LogP contribution is 2.20. The molecule has 0 aliphatic rings. The second kappa shape index (κ2) is 8.39. The molecule has 0 aliphatic heterocycles. The first-order valence-corrected chi connectivity index (χ1v) is 9.86. The fourth-order valence-electron chi connectivity index (χ4n) is 2.94. The number of amides is 1. The minimum Gasteiger partial charge on any atom is -0.489 e. The predicted molar refractivity (Wildman–Crippen MR) is 108 cm³/mol. The van der Waals surface area contributed by atoms with Crippen LogP contribution in [0.5, 0.6) is 5.75 Å². The third-order valence-electron chi connectivity index (χ3n) is 4.09. The molecule has 142 valence electrons. The molecule has 1 unspecified atom stereocenters. The standard InChI is InChI=1S/C21H25N3O2S/c1-14-7-15(2)9-19(8-14)26-12-18-10-20(27-13-18)21(25)22-17(4)11-24-6-5-16(3)23-24/h5-10,13,17H,11-12H2,1-4H3,(H,22,25). The smallest absolute Gasteiger partial charge is 0.261 e. The Morgan fingerprint density at radius 2 is 1.96 bits per heavy atom. The van der Waals surface area contributed by atoms with Crippen LogP contribution in [0.4, 0.5) is 0 Å². The highest BCUT2D eigenvalue weighted by Gasteiger charge is 2.13. The summed E-state index contributed by atoms with van der Waals surface area (Å²) in [6.45, 7) is 9.14. The van der Waals surface area contributed by atoms with E-state index in [0.29, 0.717) is 18.0 Å². The monoisotopic (exact) mass is 383 g/mol. The molecule has 2 aromatic heterocycles. The van der Waals surface area contributed by atoms with Gasteiger partial charge >= 0.3 is 0 Å². The molecule has 0 saturated heterocycles. The Hall–Kier alpha value is -2.60. The number of nitrogens with zero attached hydrogens (tertiary/aromatic N) is 2. The van der Waals surface area contributed by atoms with Gasteiger partial charge in [0.15, 0.2) is 0 Å². The van der Waals surface area contributed by atoms with Gasteiger partial charge in [0.05, 0.1) is 17.1 Å². The summed E-state index contributed by atoms with van der Waals surface area (Å²) in [5.74, 6) is 0.793. The SMILES string of the molecule is Cc1cc(C)cc(OCc2csc(C(=O)NC(C)Cn3ccc(C)n3)c2)c1. The van der Waals surface area contributed by atoms with E-state index in [1.807, 2.05) is 54.4 Å². The molecule has 3 rings (SSSR count). The number of hydrogen-bond acceptors (Lipinski definition) is 4. The number of aromatic nitrogens is 2. The summed E-state index contributed by atoms with van der Waals surface area (Å²) in [6, 6.07) is 10.0. The van der Waals surface area contributed by atoms with E-state index in [0.717, 1.165) is 17.0 Å². The Morgan fingerprint density at radius 1 is 1.22 bits per heavy atom. The molecule has 1 N–H and O–H groups in total. The average molecular weight is 384 g/mol. The molecule has 6 heteroatoms. The van der Waals surface area contributed by atoms with Crippen molar-refractivity contribution in [2.45, 2.75) is 46.9 Å². The van der Waals surface area contributed by atoms with E-state index in [2.05, 4.69) is 30.3 Å². The van der Waals surface area contributed by atoms with Crippen molar-refractivity contribution in [1.82, 2.24) is 15.1 Å². The van der Waals surface area contributed by atoms with Crippen molar-refractivity contribution in [3.05, 3.63) is 69.2 Å². The zero-order valence-electron chi connectivity index (χ0n) is 16.2. The summed E-state index contributed by atoms with van der Waals surface area (Å²) in [7, 11) is 0. The Balaban J connectivity index is 1.53. The summed E-state index contributed by atoms with van der Waals surface area (Å²) in [4.78, 5) is 13.1.